The molecule has 0 aliphatic carbocycles. The lowest BCUT2D eigenvalue weighted by Crippen LogP contribution is -2.48. The third-order valence-corrected chi connectivity index (χ3v) is 1.63. The molecule has 4 heteroatoms. The first kappa shape index (κ1) is 12.5. The summed E-state index contributed by atoms with van der Waals surface area (Å²) in [6.45, 7) is 6.74. The van der Waals surface area contributed by atoms with E-state index < -0.39 is 23.3 Å². The second-order valence-electron chi connectivity index (χ2n) is 3.99. The summed E-state index contributed by atoms with van der Waals surface area (Å²) in [5.41, 5.74) is -0.531. The molecular formula is C10H15NO3. The van der Waals surface area contributed by atoms with Crippen LogP contribution in [0.15, 0.2) is 0 Å². The maximum atomic E-state index is 11.1. The van der Waals surface area contributed by atoms with Gasteiger partial charge in [0.2, 0.25) is 0 Å². The molecule has 0 unspecified atom stereocenters. The molecule has 78 valence electrons. The van der Waals surface area contributed by atoms with E-state index in [1.54, 1.807) is 20.8 Å². The van der Waals surface area contributed by atoms with Crippen molar-refractivity contribution in [2.24, 2.45) is 5.41 Å². The molecule has 0 aliphatic rings. The van der Waals surface area contributed by atoms with Gasteiger partial charge in [0.15, 0.2) is 0 Å². The van der Waals surface area contributed by atoms with Crippen LogP contribution in [0.4, 0.5) is 0 Å². The van der Waals surface area contributed by atoms with E-state index in [0.717, 1.165) is 0 Å². The zero-order chi connectivity index (χ0) is 11.4. The van der Waals surface area contributed by atoms with Crippen LogP contribution < -0.4 is 5.32 Å². The van der Waals surface area contributed by atoms with Gasteiger partial charge in [0.25, 0.3) is 5.91 Å². The molecule has 2 N–H and O–H groups in total. The molecule has 0 aromatic heterocycles. The van der Waals surface area contributed by atoms with Gasteiger partial charge in [0, 0.05) is 0 Å². The van der Waals surface area contributed by atoms with Gasteiger partial charge >= 0.3 is 5.97 Å². The molecule has 0 aliphatic heterocycles. The Labute approximate surface area is 83.7 Å². The van der Waals surface area contributed by atoms with E-state index in [2.05, 4.69) is 17.2 Å². The van der Waals surface area contributed by atoms with Gasteiger partial charge in [-0.25, -0.2) is 4.79 Å². The van der Waals surface area contributed by atoms with E-state index >= 15 is 0 Å². The molecule has 0 rings (SSSR count). The molecule has 0 bridgehead atoms. The third kappa shape index (κ3) is 3.94. The molecule has 0 spiro atoms. The molecule has 0 fully saturated rings. The number of hydrogen-bond acceptors (Lipinski definition) is 2. The Kier molecular flexibility index (Phi) is 4.16. The molecule has 1 atom stereocenters. The van der Waals surface area contributed by atoms with Crippen LogP contribution in [0.3, 0.4) is 0 Å². The lowest BCUT2D eigenvalue weighted by molar-refractivity contribution is -0.144. The van der Waals surface area contributed by atoms with Crippen molar-refractivity contribution < 1.29 is 14.7 Å². The average Bonchev–Trinajstić information content (AvgIpc) is 1.98. The van der Waals surface area contributed by atoms with Crippen LogP contribution in [0.1, 0.15) is 27.7 Å². The number of carboxylic acid groups (broad SMARTS) is 1. The van der Waals surface area contributed by atoms with Crippen molar-refractivity contribution in [1.29, 1.82) is 0 Å². The van der Waals surface area contributed by atoms with E-state index in [1.165, 1.54) is 6.92 Å². The van der Waals surface area contributed by atoms with Crippen molar-refractivity contribution in [2.75, 3.05) is 0 Å². The largest absolute Gasteiger partial charge is 0.480 e. The molecule has 0 saturated carbocycles. The van der Waals surface area contributed by atoms with Gasteiger partial charge in [-0.05, 0) is 18.3 Å². The summed E-state index contributed by atoms with van der Waals surface area (Å²) < 4.78 is 0. The number of carboxylic acids is 1. The summed E-state index contributed by atoms with van der Waals surface area (Å²) in [7, 11) is 0. The molecule has 0 heterocycles. The van der Waals surface area contributed by atoms with Crippen molar-refractivity contribution in [3.8, 4) is 11.8 Å². The highest BCUT2D eigenvalue weighted by Gasteiger charge is 2.32. The van der Waals surface area contributed by atoms with E-state index in [-0.39, 0.29) is 0 Å². The smallest absolute Gasteiger partial charge is 0.326 e. The van der Waals surface area contributed by atoms with Crippen molar-refractivity contribution in [3.05, 3.63) is 0 Å². The standard InChI is InChI=1S/C10H15NO3/c1-5-6-7(12)11-8(9(13)14)10(2,3)4/h8H,1-4H3,(H,11,12)(H,13,14)/t8-/m1/s1. The number of nitrogens with one attached hydrogen (secondary N) is 1. The summed E-state index contributed by atoms with van der Waals surface area (Å²) in [6, 6.07) is -0.921. The SMILES string of the molecule is CC#CC(=O)N[C@H](C(=O)O)C(C)(C)C. The minimum absolute atomic E-state index is 0.531. The highest BCUT2D eigenvalue weighted by atomic mass is 16.4. The average molecular weight is 197 g/mol. The van der Waals surface area contributed by atoms with Gasteiger partial charge < -0.3 is 10.4 Å². The Morgan fingerprint density at radius 1 is 1.36 bits per heavy atom. The number of carbonyl (C=O) groups excluding carboxylic acids is 1. The Bertz CT molecular complexity index is 291. The van der Waals surface area contributed by atoms with Crippen molar-refractivity contribution in [2.45, 2.75) is 33.7 Å². The lowest BCUT2D eigenvalue weighted by Gasteiger charge is -2.26. The van der Waals surface area contributed by atoms with Crippen LogP contribution in [-0.4, -0.2) is 23.0 Å². The van der Waals surface area contributed by atoms with Crippen LogP contribution in [-0.2, 0) is 9.59 Å². The highest BCUT2D eigenvalue weighted by Crippen LogP contribution is 2.19. The normalized spacial score (nSPS) is 12.3. The lowest BCUT2D eigenvalue weighted by atomic mass is 9.87. The van der Waals surface area contributed by atoms with Crippen LogP contribution >= 0.6 is 0 Å². The van der Waals surface area contributed by atoms with Crippen molar-refractivity contribution in [3.63, 3.8) is 0 Å². The molecule has 4 nitrogen and oxygen atoms in total. The summed E-state index contributed by atoms with van der Waals surface area (Å²) in [4.78, 5) is 21.9. The number of hydrogen-bond donors (Lipinski definition) is 2. The molecule has 0 radical (unpaired) electrons. The quantitative estimate of drug-likeness (QED) is 0.638. The van der Waals surface area contributed by atoms with E-state index in [1.807, 2.05) is 0 Å². The molecule has 0 saturated heterocycles. The van der Waals surface area contributed by atoms with Gasteiger partial charge in [-0.3, -0.25) is 4.79 Å². The third-order valence-electron chi connectivity index (χ3n) is 1.63. The zero-order valence-corrected chi connectivity index (χ0v) is 8.84. The molecule has 14 heavy (non-hydrogen) atoms. The summed E-state index contributed by atoms with van der Waals surface area (Å²) in [5.74, 6) is 3.04. The Balaban J connectivity index is 4.61. The first-order chi connectivity index (χ1) is 6.29. The molecule has 0 aromatic carbocycles. The number of rotatable bonds is 2. The second kappa shape index (κ2) is 4.66. The van der Waals surface area contributed by atoms with Crippen LogP contribution in [0.2, 0.25) is 0 Å². The molecule has 1 amide bonds. The van der Waals surface area contributed by atoms with E-state index in [0.29, 0.717) is 0 Å². The Morgan fingerprint density at radius 2 is 1.86 bits per heavy atom. The fraction of sp³-hybridized carbons (Fsp3) is 0.600. The van der Waals surface area contributed by atoms with Gasteiger partial charge in [-0.2, -0.15) is 0 Å². The van der Waals surface area contributed by atoms with Crippen LogP contribution in [0.5, 0.6) is 0 Å². The number of aliphatic carboxylic acids is 1. The van der Waals surface area contributed by atoms with Crippen LogP contribution in [0, 0.1) is 17.3 Å². The Morgan fingerprint density at radius 3 is 2.14 bits per heavy atom. The van der Waals surface area contributed by atoms with E-state index in [9.17, 15) is 9.59 Å². The monoisotopic (exact) mass is 197 g/mol. The van der Waals surface area contributed by atoms with Crippen LogP contribution in [0.25, 0.3) is 0 Å². The fourth-order valence-corrected chi connectivity index (χ4v) is 0.929. The maximum absolute atomic E-state index is 11.1. The second-order valence-corrected chi connectivity index (χ2v) is 3.99. The Hall–Kier alpha value is -1.50. The fourth-order valence-electron chi connectivity index (χ4n) is 0.929. The van der Waals surface area contributed by atoms with Gasteiger partial charge in [-0.15, -0.1) is 0 Å². The molecule has 0 aromatic rings. The predicted molar refractivity (Wildman–Crippen MR) is 52.5 cm³/mol. The maximum Gasteiger partial charge on any atom is 0.326 e. The summed E-state index contributed by atoms with van der Waals surface area (Å²) >= 11 is 0. The number of amides is 1. The van der Waals surface area contributed by atoms with Gasteiger partial charge in [0.1, 0.15) is 6.04 Å². The van der Waals surface area contributed by atoms with Gasteiger partial charge in [-0.1, -0.05) is 26.7 Å². The van der Waals surface area contributed by atoms with Gasteiger partial charge in [0.05, 0.1) is 0 Å². The van der Waals surface area contributed by atoms with Crippen molar-refractivity contribution in [1.82, 2.24) is 5.32 Å². The van der Waals surface area contributed by atoms with Crippen molar-refractivity contribution >= 4 is 11.9 Å². The zero-order valence-electron chi connectivity index (χ0n) is 8.84. The topological polar surface area (TPSA) is 66.4 Å². The predicted octanol–water partition coefficient (Wildman–Crippen LogP) is 0.625. The summed E-state index contributed by atoms with van der Waals surface area (Å²) in [6.07, 6.45) is 0. The highest BCUT2D eigenvalue weighted by molar-refractivity contribution is 5.96. The first-order valence-corrected chi connectivity index (χ1v) is 4.25. The minimum Gasteiger partial charge on any atom is -0.480 e. The summed E-state index contributed by atoms with van der Waals surface area (Å²) in [5, 5.41) is 11.2. The van der Waals surface area contributed by atoms with E-state index in [4.69, 9.17) is 5.11 Å². The number of carbonyl (C=O) groups is 2. The molecular weight excluding hydrogens is 182 g/mol. The minimum atomic E-state index is -1.05. The first-order valence-electron chi connectivity index (χ1n) is 4.25.